The first-order chi connectivity index (χ1) is 12.8. The zero-order valence-electron chi connectivity index (χ0n) is 15.4. The largest absolute Gasteiger partial charge is 0.458 e. The third kappa shape index (κ3) is 1.00. The van der Waals surface area contributed by atoms with Gasteiger partial charge < -0.3 is 23.7 Å². The number of esters is 1. The van der Waals surface area contributed by atoms with Gasteiger partial charge in [-0.3, -0.25) is 4.79 Å². The van der Waals surface area contributed by atoms with Crippen molar-refractivity contribution in [2.75, 3.05) is 6.61 Å². The van der Waals surface area contributed by atoms with Gasteiger partial charge in [-0.15, -0.1) is 0 Å². The Morgan fingerprint density at radius 2 is 1.70 bits per heavy atom. The topological polar surface area (TPSA) is 93.5 Å². The fourth-order valence-electron chi connectivity index (χ4n) is 7.85. The number of epoxide rings is 4. The Bertz CT molecular complexity index is 954. The van der Waals surface area contributed by atoms with Crippen molar-refractivity contribution in [3.8, 4) is 0 Å². The molecule has 7 nitrogen and oxygen atoms in total. The van der Waals surface area contributed by atoms with E-state index in [4.69, 9.17) is 23.7 Å². The summed E-state index contributed by atoms with van der Waals surface area (Å²) in [4.78, 5) is 25.9. The molecule has 7 heteroatoms. The molecule has 0 bridgehead atoms. The Morgan fingerprint density at radius 1 is 0.963 bits per heavy atom. The third-order valence-corrected chi connectivity index (χ3v) is 9.23. The predicted octanol–water partition coefficient (Wildman–Crippen LogP) is 0.443. The van der Waals surface area contributed by atoms with E-state index < -0.39 is 27.8 Å². The zero-order chi connectivity index (χ0) is 18.4. The number of carbonyl (C=O) groups excluding carboxylic acids is 2. The molecule has 2 saturated carbocycles. The summed E-state index contributed by atoms with van der Waals surface area (Å²) >= 11 is 0. The molecule has 0 aromatic heterocycles. The van der Waals surface area contributed by atoms with Gasteiger partial charge in [0, 0.05) is 16.6 Å². The van der Waals surface area contributed by atoms with Gasteiger partial charge in [0.15, 0.2) is 11.2 Å². The highest BCUT2D eigenvalue weighted by Gasteiger charge is 3.07. The number of hydrogen-bond acceptors (Lipinski definition) is 7. The van der Waals surface area contributed by atoms with Gasteiger partial charge in [0.1, 0.15) is 42.2 Å². The lowest BCUT2D eigenvalue weighted by atomic mass is 9.47. The fraction of sp³-hybridized carbons (Fsp3) is 0.800. The molecule has 5 heterocycles. The fourth-order valence-corrected chi connectivity index (χ4v) is 7.85. The number of Topliss-reactive ketones (excluding diaryl/α,β-unsaturated/α-hetero) is 1. The van der Waals surface area contributed by atoms with Gasteiger partial charge in [-0.25, -0.2) is 4.79 Å². The summed E-state index contributed by atoms with van der Waals surface area (Å²) in [7, 11) is 0. The van der Waals surface area contributed by atoms with Crippen molar-refractivity contribution in [2.24, 2.45) is 11.3 Å². The Balaban J connectivity index is 1.36. The van der Waals surface area contributed by atoms with E-state index in [1.54, 1.807) is 0 Å². The monoisotopic (exact) mass is 372 g/mol. The van der Waals surface area contributed by atoms with E-state index in [-0.39, 0.29) is 48.7 Å². The first kappa shape index (κ1) is 14.7. The van der Waals surface area contributed by atoms with Crippen LogP contribution in [0.2, 0.25) is 0 Å². The van der Waals surface area contributed by atoms with Crippen molar-refractivity contribution in [3.05, 3.63) is 11.1 Å². The number of fused-ring (bicyclic) bond motifs is 3. The molecule has 142 valence electrons. The van der Waals surface area contributed by atoms with E-state index in [2.05, 4.69) is 6.92 Å². The van der Waals surface area contributed by atoms with Gasteiger partial charge in [-0.2, -0.15) is 0 Å². The number of carbonyl (C=O) groups is 2. The molecule has 27 heavy (non-hydrogen) atoms. The summed E-state index contributed by atoms with van der Waals surface area (Å²) in [5, 5.41) is 0. The minimum absolute atomic E-state index is 0.0533. The Kier molecular flexibility index (Phi) is 1.86. The predicted molar refractivity (Wildman–Crippen MR) is 85.6 cm³/mol. The summed E-state index contributed by atoms with van der Waals surface area (Å²) < 4.78 is 30.5. The third-order valence-electron chi connectivity index (χ3n) is 9.23. The van der Waals surface area contributed by atoms with Gasteiger partial charge >= 0.3 is 5.97 Å². The zero-order valence-corrected chi connectivity index (χ0v) is 15.4. The Hall–Kier alpha value is -1.28. The second-order valence-electron chi connectivity index (χ2n) is 10.0. The lowest BCUT2D eigenvalue weighted by Crippen LogP contribution is -2.70. The van der Waals surface area contributed by atoms with E-state index in [0.29, 0.717) is 6.42 Å². The lowest BCUT2D eigenvalue weighted by molar-refractivity contribution is -0.139. The maximum atomic E-state index is 13.7. The number of hydrogen-bond donors (Lipinski definition) is 0. The van der Waals surface area contributed by atoms with Crippen molar-refractivity contribution >= 4 is 11.8 Å². The molecule has 4 saturated heterocycles. The van der Waals surface area contributed by atoms with Gasteiger partial charge in [0.05, 0.1) is 0 Å². The molecule has 0 N–H and O–H groups in total. The Morgan fingerprint density at radius 3 is 2.48 bits per heavy atom. The normalized spacial score (nSPS) is 65.2. The van der Waals surface area contributed by atoms with E-state index >= 15 is 0 Å². The molecule has 6 fully saturated rings. The van der Waals surface area contributed by atoms with E-state index in [0.717, 1.165) is 17.6 Å². The molecular formula is C20H20O7. The summed E-state index contributed by atoms with van der Waals surface area (Å²) in [6, 6.07) is 0. The van der Waals surface area contributed by atoms with Crippen LogP contribution >= 0.6 is 0 Å². The van der Waals surface area contributed by atoms with Crippen LogP contribution in [0.5, 0.6) is 0 Å². The van der Waals surface area contributed by atoms with Crippen molar-refractivity contribution in [1.82, 2.24) is 0 Å². The molecule has 3 spiro atoms. The van der Waals surface area contributed by atoms with Gasteiger partial charge in [-0.1, -0.05) is 20.8 Å². The highest BCUT2D eigenvalue weighted by Crippen LogP contribution is 2.86. The average molecular weight is 372 g/mol. The van der Waals surface area contributed by atoms with Crippen LogP contribution in [0.3, 0.4) is 0 Å². The van der Waals surface area contributed by atoms with Crippen LogP contribution in [-0.2, 0) is 33.3 Å². The first-order valence-electron chi connectivity index (χ1n) is 9.99. The average Bonchev–Trinajstić information content (AvgIpc) is 3.47. The second-order valence-corrected chi connectivity index (χ2v) is 10.0. The summed E-state index contributed by atoms with van der Waals surface area (Å²) in [5.41, 5.74) is -1.73. The van der Waals surface area contributed by atoms with Crippen molar-refractivity contribution in [1.29, 1.82) is 0 Å². The molecule has 0 unspecified atom stereocenters. The molecule has 8 rings (SSSR count). The number of ether oxygens (including phenoxy) is 5. The summed E-state index contributed by atoms with van der Waals surface area (Å²) in [6.45, 7) is 6.51. The summed E-state index contributed by atoms with van der Waals surface area (Å²) in [5.74, 6) is -0.0887. The number of cyclic esters (lactones) is 1. The van der Waals surface area contributed by atoms with Crippen LogP contribution in [0.4, 0.5) is 0 Å². The van der Waals surface area contributed by atoms with Gasteiger partial charge in [0.25, 0.3) is 0 Å². The maximum Gasteiger partial charge on any atom is 0.334 e. The second kappa shape index (κ2) is 3.43. The van der Waals surface area contributed by atoms with Gasteiger partial charge in [0.2, 0.25) is 5.78 Å². The van der Waals surface area contributed by atoms with Crippen molar-refractivity contribution in [3.63, 3.8) is 0 Å². The van der Waals surface area contributed by atoms with Crippen LogP contribution in [-0.4, -0.2) is 65.2 Å². The highest BCUT2D eigenvalue weighted by atomic mass is 16.8. The molecule has 0 amide bonds. The SMILES string of the molecule is CC(C)[C@]12O[C@H]1[C@@H]1O[C@@]13[C@@]1(C)CCC4=C(COC4=O)[C@@]14O[C@H]4[C@@H]1O[C@@]13C2=O. The number of rotatable bonds is 1. The molecule has 0 aromatic carbocycles. The van der Waals surface area contributed by atoms with E-state index in [9.17, 15) is 9.59 Å². The lowest BCUT2D eigenvalue weighted by Gasteiger charge is -2.49. The van der Waals surface area contributed by atoms with Crippen LogP contribution < -0.4 is 0 Å². The molecule has 8 aliphatic rings. The van der Waals surface area contributed by atoms with Crippen LogP contribution in [0, 0.1) is 11.3 Å². The molecule has 9 atom stereocenters. The van der Waals surface area contributed by atoms with Crippen LogP contribution in [0.25, 0.3) is 0 Å². The molecule has 0 aromatic rings. The standard InChI is InChI=1S/C20H20O7/c1-7(2)17-10(24-17)13-20(27-13)16(3)5-4-8-9(6-23-14(8)21)18(16)11(25-18)12-19(20,26-12)15(17)22/h7,10-13H,4-6H2,1-3H3/t10-,11-,12-,13-,16-,17-,18-,19+,20+/m0/s1. The maximum absolute atomic E-state index is 13.7. The molecule has 5 aliphatic heterocycles. The number of ketones is 1. The smallest absolute Gasteiger partial charge is 0.334 e. The minimum Gasteiger partial charge on any atom is -0.458 e. The molecular weight excluding hydrogens is 352 g/mol. The minimum atomic E-state index is -0.949. The highest BCUT2D eigenvalue weighted by molar-refractivity contribution is 6.05. The first-order valence-corrected chi connectivity index (χ1v) is 9.99. The molecule has 0 radical (unpaired) electrons. The summed E-state index contributed by atoms with van der Waals surface area (Å²) in [6.07, 6.45) is 0.500. The van der Waals surface area contributed by atoms with Crippen LogP contribution in [0.15, 0.2) is 11.1 Å². The van der Waals surface area contributed by atoms with E-state index in [1.165, 1.54) is 0 Å². The molecule has 3 aliphatic carbocycles. The van der Waals surface area contributed by atoms with Crippen molar-refractivity contribution in [2.45, 2.75) is 80.4 Å². The van der Waals surface area contributed by atoms with Crippen molar-refractivity contribution < 1.29 is 33.3 Å². The van der Waals surface area contributed by atoms with Gasteiger partial charge in [-0.05, 0) is 18.8 Å². The quantitative estimate of drug-likeness (QED) is 0.487. The van der Waals surface area contributed by atoms with Crippen LogP contribution in [0.1, 0.15) is 33.6 Å². The van der Waals surface area contributed by atoms with E-state index in [1.807, 2.05) is 13.8 Å². The Labute approximate surface area is 155 Å².